The highest BCUT2D eigenvalue weighted by Crippen LogP contribution is 2.40. The van der Waals surface area contributed by atoms with Crippen molar-refractivity contribution in [3.05, 3.63) is 24.0 Å². The van der Waals surface area contributed by atoms with Crippen LogP contribution in [-0.4, -0.2) is 25.7 Å². The van der Waals surface area contributed by atoms with Crippen molar-refractivity contribution >= 4 is 10.0 Å². The van der Waals surface area contributed by atoms with Crippen molar-refractivity contribution in [3.8, 4) is 5.75 Å². The number of hydrogen-bond acceptors (Lipinski definition) is 4. The van der Waals surface area contributed by atoms with Crippen LogP contribution in [0.4, 0.5) is 4.39 Å². The molecule has 118 valence electrons. The van der Waals surface area contributed by atoms with Gasteiger partial charge in [0.05, 0.1) is 10.5 Å². The summed E-state index contributed by atoms with van der Waals surface area (Å²) in [5.74, 6) is -0.774. The van der Waals surface area contributed by atoms with Crippen molar-refractivity contribution in [2.24, 2.45) is 5.14 Å². The summed E-state index contributed by atoms with van der Waals surface area (Å²) < 4.78 is 47.9. The first-order chi connectivity index (χ1) is 9.41. The van der Waals surface area contributed by atoms with Gasteiger partial charge in [-0.05, 0) is 45.9 Å². The van der Waals surface area contributed by atoms with E-state index in [0.717, 1.165) is 6.07 Å². The van der Waals surface area contributed by atoms with Gasteiger partial charge >= 0.3 is 0 Å². The molecule has 0 spiro atoms. The summed E-state index contributed by atoms with van der Waals surface area (Å²) in [6.07, 6.45) is 0.276. The fraction of sp³-hybridized carbons (Fsp3) is 0.571. The number of halogens is 1. The van der Waals surface area contributed by atoms with Crippen molar-refractivity contribution in [1.82, 2.24) is 0 Å². The Morgan fingerprint density at radius 3 is 2.38 bits per heavy atom. The van der Waals surface area contributed by atoms with E-state index in [1.54, 1.807) is 0 Å². The molecule has 0 bridgehead atoms. The number of benzene rings is 1. The summed E-state index contributed by atoms with van der Waals surface area (Å²) in [7, 11) is -3.93. The molecule has 1 aliphatic heterocycles. The van der Waals surface area contributed by atoms with Crippen molar-refractivity contribution < 1.29 is 22.3 Å². The monoisotopic (exact) mass is 317 g/mol. The highest BCUT2D eigenvalue weighted by molar-refractivity contribution is 7.89. The van der Waals surface area contributed by atoms with Gasteiger partial charge < -0.3 is 9.47 Å². The lowest BCUT2D eigenvalue weighted by Crippen LogP contribution is -2.36. The Morgan fingerprint density at radius 2 is 1.95 bits per heavy atom. The van der Waals surface area contributed by atoms with Crippen LogP contribution in [-0.2, 0) is 14.8 Å². The summed E-state index contributed by atoms with van der Waals surface area (Å²) >= 11 is 0. The topological polar surface area (TPSA) is 78.6 Å². The predicted molar refractivity (Wildman–Crippen MR) is 76.0 cm³/mol. The van der Waals surface area contributed by atoms with Gasteiger partial charge in [0.1, 0.15) is 11.7 Å². The van der Waals surface area contributed by atoms with E-state index in [4.69, 9.17) is 14.6 Å². The van der Waals surface area contributed by atoms with E-state index in [-0.39, 0.29) is 22.4 Å². The van der Waals surface area contributed by atoms with Crippen LogP contribution in [0.15, 0.2) is 23.1 Å². The zero-order valence-corrected chi connectivity index (χ0v) is 13.3. The second-order valence-electron chi connectivity index (χ2n) is 6.41. The van der Waals surface area contributed by atoms with Gasteiger partial charge in [0.15, 0.2) is 11.6 Å². The largest absolute Gasteiger partial charge is 0.484 e. The SMILES string of the molecule is CC1(C)CC(Oc2ccc(S(N)(=O)=O)cc2F)C(C)(C)O1. The second kappa shape index (κ2) is 4.93. The molecule has 0 aromatic heterocycles. The molecular formula is C14H20FNO4S. The van der Waals surface area contributed by atoms with Gasteiger partial charge in [-0.2, -0.15) is 0 Å². The Labute approximate surface area is 124 Å². The standard InChI is InChI=1S/C14H20FNO4S/c1-13(2)8-12(14(3,4)20-13)19-11-6-5-9(7-10(11)15)21(16,17)18/h5-7,12H,8H2,1-4H3,(H2,16,17,18). The molecule has 1 fully saturated rings. The lowest BCUT2D eigenvalue weighted by atomic mass is 9.97. The zero-order valence-electron chi connectivity index (χ0n) is 12.5. The van der Waals surface area contributed by atoms with Crippen LogP contribution in [0.3, 0.4) is 0 Å². The summed E-state index contributed by atoms with van der Waals surface area (Å²) in [6.45, 7) is 7.64. The second-order valence-corrected chi connectivity index (χ2v) is 7.97. The third-order valence-corrected chi connectivity index (χ3v) is 4.40. The van der Waals surface area contributed by atoms with Gasteiger partial charge in [-0.15, -0.1) is 0 Å². The Morgan fingerprint density at radius 1 is 1.33 bits per heavy atom. The van der Waals surface area contributed by atoms with E-state index in [1.807, 2.05) is 27.7 Å². The van der Waals surface area contributed by atoms with E-state index in [1.165, 1.54) is 12.1 Å². The van der Waals surface area contributed by atoms with Gasteiger partial charge in [0.2, 0.25) is 10.0 Å². The molecule has 1 aliphatic rings. The smallest absolute Gasteiger partial charge is 0.238 e. The van der Waals surface area contributed by atoms with Crippen LogP contribution < -0.4 is 9.88 Å². The molecule has 1 aromatic rings. The third kappa shape index (κ3) is 3.53. The maximum absolute atomic E-state index is 14.0. The van der Waals surface area contributed by atoms with Gasteiger partial charge in [0, 0.05) is 6.42 Å². The summed E-state index contributed by atoms with van der Waals surface area (Å²) in [5.41, 5.74) is -0.917. The first-order valence-electron chi connectivity index (χ1n) is 6.60. The minimum absolute atomic E-state index is 0.0122. The fourth-order valence-electron chi connectivity index (χ4n) is 2.60. The number of nitrogens with two attached hydrogens (primary N) is 1. The van der Waals surface area contributed by atoms with E-state index >= 15 is 0 Å². The Balaban J connectivity index is 2.25. The molecule has 1 saturated heterocycles. The molecule has 1 unspecified atom stereocenters. The quantitative estimate of drug-likeness (QED) is 0.927. The molecule has 2 N–H and O–H groups in total. The number of primary sulfonamides is 1. The summed E-state index contributed by atoms with van der Waals surface area (Å²) in [6, 6.07) is 3.36. The average Bonchev–Trinajstić information content (AvgIpc) is 2.48. The number of sulfonamides is 1. The predicted octanol–water partition coefficient (Wildman–Crippen LogP) is 2.20. The Bertz CT molecular complexity index is 655. The zero-order chi connectivity index (χ0) is 16.1. The van der Waals surface area contributed by atoms with Gasteiger partial charge in [-0.25, -0.2) is 17.9 Å². The minimum Gasteiger partial charge on any atom is -0.484 e. The highest BCUT2D eigenvalue weighted by atomic mass is 32.2. The van der Waals surface area contributed by atoms with E-state index < -0.39 is 21.4 Å². The maximum Gasteiger partial charge on any atom is 0.238 e. The third-order valence-electron chi connectivity index (χ3n) is 3.49. The molecule has 1 aromatic carbocycles. The normalized spacial score (nSPS) is 24.0. The molecule has 0 radical (unpaired) electrons. The summed E-state index contributed by atoms with van der Waals surface area (Å²) in [5, 5.41) is 4.96. The fourth-order valence-corrected chi connectivity index (χ4v) is 3.13. The first-order valence-corrected chi connectivity index (χ1v) is 8.15. The molecule has 5 nitrogen and oxygen atoms in total. The molecule has 1 heterocycles. The summed E-state index contributed by atoms with van der Waals surface area (Å²) in [4.78, 5) is -0.283. The lowest BCUT2D eigenvalue weighted by molar-refractivity contribution is -0.0849. The molecule has 1 atom stereocenters. The van der Waals surface area contributed by atoms with Crippen LogP contribution in [0, 0.1) is 5.82 Å². The van der Waals surface area contributed by atoms with Crippen LogP contribution in [0.25, 0.3) is 0 Å². The highest BCUT2D eigenvalue weighted by Gasteiger charge is 2.47. The average molecular weight is 317 g/mol. The number of ether oxygens (including phenoxy) is 2. The minimum atomic E-state index is -3.93. The van der Waals surface area contributed by atoms with Crippen molar-refractivity contribution in [2.45, 2.75) is 56.3 Å². The molecule has 0 aliphatic carbocycles. The van der Waals surface area contributed by atoms with Crippen molar-refractivity contribution in [1.29, 1.82) is 0 Å². The number of hydrogen-bond donors (Lipinski definition) is 1. The van der Waals surface area contributed by atoms with Crippen molar-refractivity contribution in [3.63, 3.8) is 0 Å². The van der Waals surface area contributed by atoms with Gasteiger partial charge in [-0.1, -0.05) is 0 Å². The molecule has 7 heteroatoms. The van der Waals surface area contributed by atoms with Crippen LogP contribution in [0.2, 0.25) is 0 Å². The molecule has 21 heavy (non-hydrogen) atoms. The molecule has 0 amide bonds. The van der Waals surface area contributed by atoms with Crippen LogP contribution in [0.5, 0.6) is 5.75 Å². The van der Waals surface area contributed by atoms with E-state index in [9.17, 15) is 12.8 Å². The maximum atomic E-state index is 14.0. The van der Waals surface area contributed by atoms with Gasteiger partial charge in [0.25, 0.3) is 0 Å². The van der Waals surface area contributed by atoms with Crippen LogP contribution >= 0.6 is 0 Å². The first kappa shape index (κ1) is 16.2. The molecule has 0 saturated carbocycles. The Hall–Kier alpha value is -1.18. The molecule has 2 rings (SSSR count). The Kier molecular flexibility index (Phi) is 3.80. The van der Waals surface area contributed by atoms with Gasteiger partial charge in [-0.3, -0.25) is 0 Å². The van der Waals surface area contributed by atoms with Crippen molar-refractivity contribution in [2.75, 3.05) is 0 Å². The molecular weight excluding hydrogens is 297 g/mol. The number of rotatable bonds is 3. The van der Waals surface area contributed by atoms with E-state index in [2.05, 4.69) is 0 Å². The van der Waals surface area contributed by atoms with E-state index in [0.29, 0.717) is 6.42 Å². The lowest BCUT2D eigenvalue weighted by Gasteiger charge is -2.27. The van der Waals surface area contributed by atoms with Crippen LogP contribution in [0.1, 0.15) is 34.1 Å².